The van der Waals surface area contributed by atoms with Gasteiger partial charge < -0.3 is 10.4 Å². The monoisotopic (exact) mass is 175 g/mol. The summed E-state index contributed by atoms with van der Waals surface area (Å²) in [6.45, 7) is 6.04. The van der Waals surface area contributed by atoms with Crippen molar-refractivity contribution < 1.29 is 5.11 Å². The summed E-state index contributed by atoms with van der Waals surface area (Å²) in [4.78, 5) is 0.571. The van der Waals surface area contributed by atoms with Gasteiger partial charge in [0.2, 0.25) is 0 Å². The number of hydrogen-bond acceptors (Lipinski definition) is 2. The summed E-state index contributed by atoms with van der Waals surface area (Å²) in [7, 11) is 0. The predicted molar refractivity (Wildman–Crippen MR) is 51.8 cm³/mol. The zero-order valence-electron chi connectivity index (χ0n) is 7.42. The van der Waals surface area contributed by atoms with Gasteiger partial charge in [-0.1, -0.05) is 25.6 Å². The Morgan fingerprint density at radius 3 is 2.45 bits per heavy atom. The van der Waals surface area contributed by atoms with Gasteiger partial charge in [0.05, 0.1) is 0 Å². The molecular formula is C8H17NOS. The lowest BCUT2D eigenvalue weighted by atomic mass is 10.2. The highest BCUT2D eigenvalue weighted by Gasteiger charge is 2.09. The van der Waals surface area contributed by atoms with Gasteiger partial charge in [0, 0.05) is 6.04 Å². The molecule has 0 fully saturated rings. The summed E-state index contributed by atoms with van der Waals surface area (Å²) in [5, 5.41) is 12.4. The fraction of sp³-hybridized carbons (Fsp3) is 0.875. The first-order chi connectivity index (χ1) is 5.07. The van der Waals surface area contributed by atoms with Crippen molar-refractivity contribution in [2.24, 2.45) is 0 Å². The molecule has 1 atom stereocenters. The second-order valence-electron chi connectivity index (χ2n) is 2.97. The molecule has 0 bridgehead atoms. The minimum Gasteiger partial charge on any atom is -0.386 e. The summed E-state index contributed by atoms with van der Waals surface area (Å²) in [5.41, 5.74) is 0. The van der Waals surface area contributed by atoms with Crippen LogP contribution < -0.4 is 5.32 Å². The summed E-state index contributed by atoms with van der Waals surface area (Å²) in [6.07, 6.45) is 1.25. The molecule has 66 valence electrons. The van der Waals surface area contributed by atoms with Crippen molar-refractivity contribution in [3.63, 3.8) is 0 Å². The van der Waals surface area contributed by atoms with E-state index in [9.17, 15) is 5.11 Å². The van der Waals surface area contributed by atoms with E-state index in [-0.39, 0.29) is 0 Å². The summed E-state index contributed by atoms with van der Waals surface area (Å²) in [5.74, 6) is 0. The quantitative estimate of drug-likeness (QED) is 0.635. The van der Waals surface area contributed by atoms with Gasteiger partial charge in [-0.2, -0.15) is 0 Å². The molecule has 0 heterocycles. The smallest absolute Gasteiger partial charge is 0.105 e. The molecule has 2 nitrogen and oxygen atoms in total. The molecule has 2 N–H and O–H groups in total. The third-order valence-corrected chi connectivity index (χ3v) is 1.69. The van der Waals surface area contributed by atoms with Crippen LogP contribution in [0.2, 0.25) is 0 Å². The van der Waals surface area contributed by atoms with E-state index in [1.807, 2.05) is 20.8 Å². The molecule has 0 aliphatic rings. The van der Waals surface area contributed by atoms with Crippen molar-refractivity contribution in [2.75, 3.05) is 0 Å². The van der Waals surface area contributed by atoms with E-state index in [0.29, 0.717) is 11.0 Å². The summed E-state index contributed by atoms with van der Waals surface area (Å²) in [6, 6.07) is 0.314. The minimum atomic E-state index is -0.461. The zero-order chi connectivity index (χ0) is 8.85. The van der Waals surface area contributed by atoms with Crippen molar-refractivity contribution in [2.45, 2.75) is 45.8 Å². The van der Waals surface area contributed by atoms with Gasteiger partial charge in [-0.05, 0) is 20.3 Å². The van der Waals surface area contributed by atoms with E-state index in [1.54, 1.807) is 0 Å². The second-order valence-corrected chi connectivity index (χ2v) is 3.41. The molecule has 0 aromatic carbocycles. The van der Waals surface area contributed by atoms with Crippen LogP contribution in [-0.4, -0.2) is 22.2 Å². The lowest BCUT2D eigenvalue weighted by Gasteiger charge is -2.15. The van der Waals surface area contributed by atoms with Crippen LogP contribution in [0.3, 0.4) is 0 Å². The average molecular weight is 175 g/mol. The maximum Gasteiger partial charge on any atom is 0.105 e. The van der Waals surface area contributed by atoms with Gasteiger partial charge >= 0.3 is 0 Å². The lowest BCUT2D eigenvalue weighted by molar-refractivity contribution is 0.227. The molecular weight excluding hydrogens is 158 g/mol. The first-order valence-electron chi connectivity index (χ1n) is 4.06. The molecule has 0 radical (unpaired) electrons. The molecule has 1 unspecified atom stereocenters. The van der Waals surface area contributed by atoms with Crippen molar-refractivity contribution in [1.82, 2.24) is 5.32 Å². The van der Waals surface area contributed by atoms with Crippen LogP contribution in [0, 0.1) is 0 Å². The third-order valence-electron chi connectivity index (χ3n) is 1.30. The van der Waals surface area contributed by atoms with Crippen molar-refractivity contribution in [3.05, 3.63) is 0 Å². The molecule has 0 saturated carbocycles. The zero-order valence-corrected chi connectivity index (χ0v) is 8.24. The normalized spacial score (nSPS) is 13.2. The Bertz CT molecular complexity index is 125. The van der Waals surface area contributed by atoms with Crippen LogP contribution in [0.4, 0.5) is 0 Å². The Labute approximate surface area is 74.0 Å². The number of thiocarbonyl (C=S) groups is 1. The number of rotatable bonds is 4. The fourth-order valence-electron chi connectivity index (χ4n) is 0.785. The van der Waals surface area contributed by atoms with E-state index >= 15 is 0 Å². The average Bonchev–Trinajstić information content (AvgIpc) is 1.86. The largest absolute Gasteiger partial charge is 0.386 e. The van der Waals surface area contributed by atoms with Gasteiger partial charge in [0.25, 0.3) is 0 Å². The number of aliphatic hydroxyl groups excluding tert-OH is 1. The highest BCUT2D eigenvalue weighted by atomic mass is 32.1. The molecule has 0 saturated heterocycles. The minimum absolute atomic E-state index is 0.314. The molecule has 0 aromatic rings. The van der Waals surface area contributed by atoms with Crippen molar-refractivity contribution in [3.8, 4) is 0 Å². The standard InChI is InChI=1S/C8H17NOS/c1-4-5-7(10)8(11)9-6(2)3/h6-7,10H,4-5H2,1-3H3,(H,9,11). The second kappa shape index (κ2) is 5.49. The van der Waals surface area contributed by atoms with E-state index < -0.39 is 6.10 Å². The molecule has 0 amide bonds. The van der Waals surface area contributed by atoms with Gasteiger partial charge in [0.1, 0.15) is 11.1 Å². The number of aliphatic hydroxyl groups is 1. The fourth-order valence-corrected chi connectivity index (χ4v) is 1.14. The van der Waals surface area contributed by atoms with Crippen LogP contribution in [0.1, 0.15) is 33.6 Å². The van der Waals surface area contributed by atoms with Crippen LogP contribution in [0.5, 0.6) is 0 Å². The molecule has 11 heavy (non-hydrogen) atoms. The lowest BCUT2D eigenvalue weighted by Crippen LogP contribution is -2.37. The molecule has 0 spiro atoms. The summed E-state index contributed by atoms with van der Waals surface area (Å²) >= 11 is 4.96. The predicted octanol–water partition coefficient (Wildman–Crippen LogP) is 1.47. The van der Waals surface area contributed by atoms with Gasteiger partial charge in [-0.25, -0.2) is 0 Å². The van der Waals surface area contributed by atoms with E-state index in [2.05, 4.69) is 5.32 Å². The highest BCUT2D eigenvalue weighted by Crippen LogP contribution is 1.97. The van der Waals surface area contributed by atoms with E-state index in [4.69, 9.17) is 12.2 Å². The molecule has 0 rings (SSSR count). The van der Waals surface area contributed by atoms with Crippen LogP contribution in [0.25, 0.3) is 0 Å². The number of nitrogens with one attached hydrogen (secondary N) is 1. The van der Waals surface area contributed by atoms with E-state index in [0.717, 1.165) is 12.8 Å². The van der Waals surface area contributed by atoms with Crippen molar-refractivity contribution >= 4 is 17.2 Å². The summed E-state index contributed by atoms with van der Waals surface area (Å²) < 4.78 is 0. The first kappa shape index (κ1) is 10.8. The molecule has 3 heteroatoms. The third kappa shape index (κ3) is 5.16. The Morgan fingerprint density at radius 1 is 1.55 bits per heavy atom. The maximum atomic E-state index is 9.36. The Morgan fingerprint density at radius 2 is 2.09 bits per heavy atom. The van der Waals surface area contributed by atoms with Crippen LogP contribution in [-0.2, 0) is 0 Å². The highest BCUT2D eigenvalue weighted by molar-refractivity contribution is 7.80. The SMILES string of the molecule is CCCC(O)C(=S)NC(C)C. The molecule has 0 aliphatic heterocycles. The van der Waals surface area contributed by atoms with E-state index in [1.165, 1.54) is 0 Å². The number of hydrogen-bond donors (Lipinski definition) is 2. The van der Waals surface area contributed by atoms with Crippen molar-refractivity contribution in [1.29, 1.82) is 0 Å². The molecule has 0 aliphatic carbocycles. The molecule has 0 aromatic heterocycles. The van der Waals surface area contributed by atoms with Gasteiger partial charge in [0.15, 0.2) is 0 Å². The van der Waals surface area contributed by atoms with Crippen LogP contribution in [0.15, 0.2) is 0 Å². The maximum absolute atomic E-state index is 9.36. The van der Waals surface area contributed by atoms with Gasteiger partial charge in [-0.15, -0.1) is 0 Å². The topological polar surface area (TPSA) is 32.3 Å². The van der Waals surface area contributed by atoms with Gasteiger partial charge in [-0.3, -0.25) is 0 Å². The first-order valence-corrected chi connectivity index (χ1v) is 4.47. The Hall–Kier alpha value is -0.150. The Kier molecular flexibility index (Phi) is 5.42. The van der Waals surface area contributed by atoms with Crippen LogP contribution >= 0.6 is 12.2 Å². The Balaban J connectivity index is 3.64.